The molecular weight excluding hydrogens is 394 g/mol. The van der Waals surface area contributed by atoms with E-state index >= 15 is 0 Å². The maximum absolute atomic E-state index is 12.9. The average molecular weight is 422 g/mol. The molecule has 7 heteroatoms. The lowest BCUT2D eigenvalue weighted by Gasteiger charge is -2.29. The number of benzene rings is 2. The van der Waals surface area contributed by atoms with Crippen LogP contribution in [0.2, 0.25) is 0 Å². The molecular formula is C21H27NO4S2. The van der Waals surface area contributed by atoms with Crippen molar-refractivity contribution in [2.24, 2.45) is 0 Å². The van der Waals surface area contributed by atoms with Crippen molar-refractivity contribution in [3.63, 3.8) is 0 Å². The molecule has 0 N–H and O–H groups in total. The molecule has 0 spiro atoms. The van der Waals surface area contributed by atoms with E-state index in [-0.39, 0.29) is 23.5 Å². The van der Waals surface area contributed by atoms with Gasteiger partial charge in [0.25, 0.3) is 0 Å². The highest BCUT2D eigenvalue weighted by molar-refractivity contribution is 8.00. The van der Waals surface area contributed by atoms with E-state index in [0.717, 1.165) is 16.9 Å². The van der Waals surface area contributed by atoms with Crippen molar-refractivity contribution in [2.75, 3.05) is 11.5 Å². The minimum Gasteiger partial charge on any atom is -0.382 e. The molecule has 1 amide bonds. The van der Waals surface area contributed by atoms with Gasteiger partial charge in [-0.3, -0.25) is 4.79 Å². The lowest BCUT2D eigenvalue weighted by molar-refractivity contribution is -0.131. The van der Waals surface area contributed by atoms with Crippen molar-refractivity contribution in [3.8, 4) is 5.75 Å². The second kappa shape index (κ2) is 10.5. The first-order valence-corrected chi connectivity index (χ1v) is 11.9. The molecule has 2 rings (SSSR count). The summed E-state index contributed by atoms with van der Waals surface area (Å²) in [5.41, 5.74) is 0.835. The zero-order valence-electron chi connectivity index (χ0n) is 16.5. The van der Waals surface area contributed by atoms with Crippen molar-refractivity contribution < 1.29 is 17.4 Å². The summed E-state index contributed by atoms with van der Waals surface area (Å²) < 4.78 is 28.5. The standard InChI is InChI=1S/C21H27NO4S2/c1-4-17(3)22(21(23)16-27-20-12-7-6-8-13-20)15-18-10-9-11-19(14-18)26-28(24,25)5-2/h6-14,17H,4-5,15-16H2,1-3H3/t17-/m1/s1. The molecule has 0 aliphatic heterocycles. The lowest BCUT2D eigenvalue weighted by Crippen LogP contribution is -2.38. The Labute approximate surface area is 172 Å². The van der Waals surface area contributed by atoms with E-state index in [0.29, 0.717) is 12.3 Å². The number of thioether (sulfide) groups is 1. The van der Waals surface area contributed by atoms with Gasteiger partial charge in [0.1, 0.15) is 5.75 Å². The van der Waals surface area contributed by atoms with Crippen LogP contribution in [0.15, 0.2) is 59.5 Å². The zero-order valence-corrected chi connectivity index (χ0v) is 18.1. The molecule has 0 aromatic heterocycles. The fraction of sp³-hybridized carbons (Fsp3) is 0.381. The minimum atomic E-state index is -3.58. The molecule has 152 valence electrons. The predicted octanol–water partition coefficient (Wildman–Crippen LogP) is 4.33. The van der Waals surface area contributed by atoms with Crippen LogP contribution in [0.1, 0.15) is 32.8 Å². The molecule has 0 aliphatic carbocycles. The van der Waals surface area contributed by atoms with Crippen LogP contribution in [0.5, 0.6) is 5.75 Å². The van der Waals surface area contributed by atoms with E-state index in [1.54, 1.807) is 18.2 Å². The van der Waals surface area contributed by atoms with E-state index < -0.39 is 10.1 Å². The molecule has 0 bridgehead atoms. The third kappa shape index (κ3) is 6.87. The molecule has 2 aromatic rings. The Morgan fingerprint density at radius 1 is 1.11 bits per heavy atom. The number of hydrogen-bond acceptors (Lipinski definition) is 5. The predicted molar refractivity (Wildman–Crippen MR) is 114 cm³/mol. The Hall–Kier alpha value is -1.99. The monoisotopic (exact) mass is 421 g/mol. The maximum atomic E-state index is 12.9. The first-order valence-electron chi connectivity index (χ1n) is 9.33. The highest BCUT2D eigenvalue weighted by atomic mass is 32.2. The van der Waals surface area contributed by atoms with Gasteiger partial charge >= 0.3 is 10.1 Å². The lowest BCUT2D eigenvalue weighted by atomic mass is 10.1. The number of amides is 1. The summed E-state index contributed by atoms with van der Waals surface area (Å²) in [7, 11) is -3.58. The van der Waals surface area contributed by atoms with Crippen molar-refractivity contribution in [2.45, 2.75) is 44.7 Å². The third-order valence-corrected chi connectivity index (χ3v) is 6.53. The van der Waals surface area contributed by atoms with Crippen LogP contribution in [0.4, 0.5) is 0 Å². The van der Waals surface area contributed by atoms with Gasteiger partial charge in [0.05, 0.1) is 11.5 Å². The van der Waals surface area contributed by atoms with Crippen molar-refractivity contribution in [1.82, 2.24) is 4.90 Å². The molecule has 0 saturated carbocycles. The summed E-state index contributed by atoms with van der Waals surface area (Å²) >= 11 is 1.51. The SMILES string of the molecule is CC[C@@H](C)N(Cc1cccc(OS(=O)(=O)CC)c1)C(=O)CSc1ccccc1. The van der Waals surface area contributed by atoms with E-state index in [4.69, 9.17) is 4.18 Å². The summed E-state index contributed by atoms with van der Waals surface area (Å²) in [6.45, 7) is 6.01. The largest absolute Gasteiger partial charge is 0.382 e. The highest BCUT2D eigenvalue weighted by Gasteiger charge is 2.20. The third-order valence-electron chi connectivity index (χ3n) is 4.38. The molecule has 0 aliphatic rings. The van der Waals surface area contributed by atoms with E-state index in [1.807, 2.05) is 55.1 Å². The summed E-state index contributed by atoms with van der Waals surface area (Å²) in [5, 5.41) is 0. The first-order chi connectivity index (χ1) is 13.3. The van der Waals surface area contributed by atoms with Gasteiger partial charge in [-0.15, -0.1) is 11.8 Å². The van der Waals surface area contributed by atoms with Crippen LogP contribution >= 0.6 is 11.8 Å². The molecule has 1 atom stereocenters. The minimum absolute atomic E-state index is 0.0516. The van der Waals surface area contributed by atoms with Crippen LogP contribution in [0, 0.1) is 0 Å². The quantitative estimate of drug-likeness (QED) is 0.422. The van der Waals surface area contributed by atoms with Gasteiger partial charge in [-0.2, -0.15) is 8.42 Å². The summed E-state index contributed by atoms with van der Waals surface area (Å²) in [5.74, 6) is 0.588. The van der Waals surface area contributed by atoms with Crippen LogP contribution in [-0.2, 0) is 21.5 Å². The molecule has 5 nitrogen and oxygen atoms in total. The second-order valence-electron chi connectivity index (χ2n) is 6.46. The summed E-state index contributed by atoms with van der Waals surface area (Å²) in [6.07, 6.45) is 0.835. The first kappa shape index (κ1) is 22.3. The average Bonchev–Trinajstić information content (AvgIpc) is 2.70. The van der Waals surface area contributed by atoms with Gasteiger partial charge in [-0.1, -0.05) is 37.3 Å². The number of nitrogens with zero attached hydrogens (tertiary/aromatic N) is 1. The fourth-order valence-corrected chi connectivity index (χ4v) is 3.87. The van der Waals surface area contributed by atoms with Crippen LogP contribution < -0.4 is 4.18 Å². The van der Waals surface area contributed by atoms with E-state index in [9.17, 15) is 13.2 Å². The maximum Gasteiger partial charge on any atom is 0.308 e. The van der Waals surface area contributed by atoms with Gasteiger partial charge in [0.2, 0.25) is 5.91 Å². The topological polar surface area (TPSA) is 63.7 Å². The Balaban J connectivity index is 2.10. The van der Waals surface area contributed by atoms with Crippen LogP contribution in [0.25, 0.3) is 0 Å². The molecule has 0 saturated heterocycles. The second-order valence-corrected chi connectivity index (χ2v) is 9.37. The number of hydrogen-bond donors (Lipinski definition) is 0. The van der Waals surface area contributed by atoms with Gasteiger partial charge in [0, 0.05) is 17.5 Å². The number of rotatable bonds is 10. The fourth-order valence-electron chi connectivity index (χ4n) is 2.55. The Bertz CT molecular complexity index is 869. The van der Waals surface area contributed by atoms with Gasteiger partial charge in [-0.05, 0) is 50.1 Å². The smallest absolute Gasteiger partial charge is 0.308 e. The Morgan fingerprint density at radius 2 is 1.82 bits per heavy atom. The van der Waals surface area contributed by atoms with Gasteiger partial charge < -0.3 is 9.08 Å². The van der Waals surface area contributed by atoms with E-state index in [2.05, 4.69) is 0 Å². The van der Waals surface area contributed by atoms with Crippen LogP contribution in [-0.4, -0.2) is 36.8 Å². The Morgan fingerprint density at radius 3 is 2.46 bits per heavy atom. The molecule has 0 unspecified atom stereocenters. The zero-order chi connectivity index (χ0) is 20.6. The molecule has 28 heavy (non-hydrogen) atoms. The van der Waals surface area contributed by atoms with Crippen LogP contribution in [0.3, 0.4) is 0 Å². The molecule has 2 aromatic carbocycles. The highest BCUT2D eigenvalue weighted by Crippen LogP contribution is 2.21. The molecule has 0 fully saturated rings. The number of carbonyl (C=O) groups is 1. The molecule has 0 heterocycles. The van der Waals surface area contributed by atoms with Gasteiger partial charge in [-0.25, -0.2) is 0 Å². The Kier molecular flexibility index (Phi) is 8.38. The van der Waals surface area contributed by atoms with Gasteiger partial charge in [0.15, 0.2) is 0 Å². The summed E-state index contributed by atoms with van der Waals surface area (Å²) in [6, 6.07) is 16.8. The van der Waals surface area contributed by atoms with Crippen molar-refractivity contribution in [3.05, 3.63) is 60.2 Å². The van der Waals surface area contributed by atoms with Crippen molar-refractivity contribution in [1.29, 1.82) is 0 Å². The van der Waals surface area contributed by atoms with E-state index in [1.165, 1.54) is 18.7 Å². The normalized spacial score (nSPS) is 12.4. The molecule has 0 radical (unpaired) electrons. The van der Waals surface area contributed by atoms with Crippen molar-refractivity contribution >= 4 is 27.8 Å². The summed E-state index contributed by atoms with van der Waals surface area (Å²) in [4.78, 5) is 15.8. The number of carbonyl (C=O) groups excluding carboxylic acids is 1.